The van der Waals surface area contributed by atoms with E-state index in [-0.39, 0.29) is 0 Å². The molecule has 0 N–H and O–H groups in total. The summed E-state index contributed by atoms with van der Waals surface area (Å²) in [5, 5.41) is 14.0. The quantitative estimate of drug-likeness (QED) is 0.690. The van der Waals surface area contributed by atoms with Gasteiger partial charge < -0.3 is 9.42 Å². The summed E-state index contributed by atoms with van der Waals surface area (Å²) in [6.07, 6.45) is 0. The number of halogens is 1. The molecule has 4 rings (SSSR count). The zero-order valence-corrected chi connectivity index (χ0v) is 15.4. The molecule has 0 unspecified atom stereocenters. The number of rotatable bonds is 4. The Balaban J connectivity index is 1.39. The first kappa shape index (κ1) is 17.5. The lowest BCUT2D eigenvalue weighted by Gasteiger charge is -2.33. The second-order valence-electron chi connectivity index (χ2n) is 6.44. The van der Waals surface area contributed by atoms with E-state index in [9.17, 15) is 5.26 Å². The summed E-state index contributed by atoms with van der Waals surface area (Å²) in [5.74, 6) is 0.540. The molecule has 6 nitrogen and oxygen atoms in total. The molecule has 0 bridgehead atoms. The Bertz CT molecular complexity index is 972. The Kier molecular flexibility index (Phi) is 5.05. The van der Waals surface area contributed by atoms with E-state index < -0.39 is 0 Å². The number of anilines is 1. The molecule has 3 aromatic rings. The molecular weight excluding hydrogens is 362 g/mol. The van der Waals surface area contributed by atoms with Crippen molar-refractivity contribution in [2.24, 2.45) is 0 Å². The monoisotopic (exact) mass is 379 g/mol. The third-order valence-corrected chi connectivity index (χ3v) is 4.91. The molecule has 0 saturated carbocycles. The first-order valence-electron chi connectivity index (χ1n) is 8.78. The molecule has 1 aliphatic heterocycles. The highest BCUT2D eigenvalue weighted by Gasteiger charge is 2.22. The standard InChI is InChI=1S/C20H18ClN5O/c21-18-7-3-6-15(12-18)19-23-20(27-24-19)26-10-8-25(9-11-26)14-17-5-2-1-4-16(17)13-22/h1-7,12H,8-11,14H2. The molecule has 2 heterocycles. The molecule has 2 aromatic carbocycles. The van der Waals surface area contributed by atoms with Gasteiger partial charge in [-0.05, 0) is 23.8 Å². The molecule has 1 aliphatic rings. The van der Waals surface area contributed by atoms with Crippen LogP contribution in [0.15, 0.2) is 53.1 Å². The molecule has 1 aromatic heterocycles. The van der Waals surface area contributed by atoms with Gasteiger partial charge in [-0.2, -0.15) is 10.2 Å². The summed E-state index contributed by atoms with van der Waals surface area (Å²) in [6, 6.07) is 17.9. The van der Waals surface area contributed by atoms with Crippen LogP contribution in [0.4, 0.5) is 6.01 Å². The van der Waals surface area contributed by atoms with Crippen LogP contribution in [-0.4, -0.2) is 41.2 Å². The van der Waals surface area contributed by atoms with E-state index in [0.29, 0.717) is 16.9 Å². The first-order valence-corrected chi connectivity index (χ1v) is 9.16. The van der Waals surface area contributed by atoms with Gasteiger partial charge in [0, 0.05) is 43.3 Å². The predicted octanol–water partition coefficient (Wildman–Crippen LogP) is 3.58. The second kappa shape index (κ2) is 7.78. The number of benzene rings is 2. The Labute approximate surface area is 162 Å². The van der Waals surface area contributed by atoms with Crippen LogP contribution in [0.2, 0.25) is 5.02 Å². The SMILES string of the molecule is N#Cc1ccccc1CN1CCN(c2nc(-c3cccc(Cl)c3)no2)CC1. The molecule has 0 spiro atoms. The van der Waals surface area contributed by atoms with Crippen LogP contribution < -0.4 is 4.90 Å². The van der Waals surface area contributed by atoms with Gasteiger partial charge in [0.15, 0.2) is 0 Å². The normalized spacial score (nSPS) is 14.9. The lowest BCUT2D eigenvalue weighted by molar-refractivity contribution is 0.242. The van der Waals surface area contributed by atoms with Crippen LogP contribution in [0.3, 0.4) is 0 Å². The molecule has 0 aliphatic carbocycles. The smallest absolute Gasteiger partial charge is 0.322 e. The number of hydrogen-bond acceptors (Lipinski definition) is 6. The van der Waals surface area contributed by atoms with Gasteiger partial charge >= 0.3 is 6.01 Å². The van der Waals surface area contributed by atoms with Crippen molar-refractivity contribution in [2.75, 3.05) is 31.1 Å². The van der Waals surface area contributed by atoms with Crippen molar-refractivity contribution in [1.82, 2.24) is 15.0 Å². The predicted molar refractivity (Wildman–Crippen MR) is 103 cm³/mol. The maximum absolute atomic E-state index is 9.24. The topological polar surface area (TPSA) is 69.2 Å². The fourth-order valence-electron chi connectivity index (χ4n) is 3.19. The minimum atomic E-state index is 0.530. The molecule has 7 heteroatoms. The molecule has 1 fully saturated rings. The van der Waals surface area contributed by atoms with Gasteiger partial charge in [-0.15, -0.1) is 0 Å². The van der Waals surface area contributed by atoms with E-state index in [1.165, 1.54) is 0 Å². The van der Waals surface area contributed by atoms with E-state index in [4.69, 9.17) is 16.1 Å². The molecule has 136 valence electrons. The molecular formula is C20H18ClN5O. The number of aromatic nitrogens is 2. The molecule has 0 atom stereocenters. The van der Waals surface area contributed by atoms with Crippen LogP contribution in [0.25, 0.3) is 11.4 Å². The minimum absolute atomic E-state index is 0.530. The highest BCUT2D eigenvalue weighted by atomic mass is 35.5. The Morgan fingerprint density at radius 2 is 1.89 bits per heavy atom. The molecule has 0 amide bonds. The highest BCUT2D eigenvalue weighted by molar-refractivity contribution is 6.30. The summed E-state index contributed by atoms with van der Waals surface area (Å²) in [5.41, 5.74) is 2.64. The van der Waals surface area contributed by atoms with Crippen LogP contribution in [0.5, 0.6) is 0 Å². The number of hydrogen-bond donors (Lipinski definition) is 0. The van der Waals surface area contributed by atoms with Crippen LogP contribution in [0.1, 0.15) is 11.1 Å². The van der Waals surface area contributed by atoms with Gasteiger partial charge in [-0.1, -0.05) is 47.1 Å². The maximum Gasteiger partial charge on any atom is 0.324 e. The van der Waals surface area contributed by atoms with Gasteiger partial charge in [-0.25, -0.2) is 0 Å². The van der Waals surface area contributed by atoms with E-state index in [1.54, 1.807) is 0 Å². The maximum atomic E-state index is 9.24. The summed E-state index contributed by atoms with van der Waals surface area (Å²) < 4.78 is 5.45. The Hall–Kier alpha value is -2.88. The van der Waals surface area contributed by atoms with Gasteiger partial charge in [0.1, 0.15) is 0 Å². The first-order chi connectivity index (χ1) is 13.2. The van der Waals surface area contributed by atoms with Crippen molar-refractivity contribution >= 4 is 17.6 Å². The van der Waals surface area contributed by atoms with E-state index in [2.05, 4.69) is 26.0 Å². The van der Waals surface area contributed by atoms with Crippen molar-refractivity contribution < 1.29 is 4.52 Å². The zero-order chi connectivity index (χ0) is 18.6. The number of nitrogens with zero attached hydrogens (tertiary/aromatic N) is 5. The fourth-order valence-corrected chi connectivity index (χ4v) is 3.38. The lowest BCUT2D eigenvalue weighted by atomic mass is 10.1. The highest BCUT2D eigenvalue weighted by Crippen LogP contribution is 2.23. The van der Waals surface area contributed by atoms with Gasteiger partial charge in [0.25, 0.3) is 0 Å². The third-order valence-electron chi connectivity index (χ3n) is 4.67. The van der Waals surface area contributed by atoms with Crippen LogP contribution in [0, 0.1) is 11.3 Å². The van der Waals surface area contributed by atoms with E-state index in [0.717, 1.165) is 49.4 Å². The second-order valence-corrected chi connectivity index (χ2v) is 6.88. The van der Waals surface area contributed by atoms with Gasteiger partial charge in [-0.3, -0.25) is 4.90 Å². The number of nitriles is 1. The molecule has 27 heavy (non-hydrogen) atoms. The Morgan fingerprint density at radius 1 is 1.07 bits per heavy atom. The van der Waals surface area contributed by atoms with Gasteiger partial charge in [0.2, 0.25) is 5.82 Å². The van der Waals surface area contributed by atoms with Crippen molar-refractivity contribution in [2.45, 2.75) is 6.54 Å². The average molecular weight is 380 g/mol. The third kappa shape index (κ3) is 3.95. The molecule has 1 saturated heterocycles. The van der Waals surface area contributed by atoms with Crippen LogP contribution >= 0.6 is 11.6 Å². The average Bonchev–Trinajstić information content (AvgIpc) is 3.19. The Morgan fingerprint density at radius 3 is 2.67 bits per heavy atom. The largest absolute Gasteiger partial charge is 0.324 e. The van der Waals surface area contributed by atoms with Crippen molar-refractivity contribution in [3.05, 3.63) is 64.7 Å². The molecule has 0 radical (unpaired) electrons. The van der Waals surface area contributed by atoms with Crippen molar-refractivity contribution in [3.63, 3.8) is 0 Å². The summed E-state index contributed by atoms with van der Waals surface area (Å²) >= 11 is 6.03. The summed E-state index contributed by atoms with van der Waals surface area (Å²) in [4.78, 5) is 8.93. The lowest BCUT2D eigenvalue weighted by Crippen LogP contribution is -2.46. The van der Waals surface area contributed by atoms with E-state index in [1.807, 2.05) is 48.5 Å². The number of piperazine rings is 1. The summed E-state index contributed by atoms with van der Waals surface area (Å²) in [6.45, 7) is 4.11. The van der Waals surface area contributed by atoms with Gasteiger partial charge in [0.05, 0.1) is 11.6 Å². The van der Waals surface area contributed by atoms with Crippen molar-refractivity contribution in [1.29, 1.82) is 5.26 Å². The fraction of sp³-hybridized carbons (Fsp3) is 0.250. The van der Waals surface area contributed by atoms with Crippen molar-refractivity contribution in [3.8, 4) is 17.5 Å². The zero-order valence-electron chi connectivity index (χ0n) is 14.7. The van der Waals surface area contributed by atoms with Crippen LogP contribution in [-0.2, 0) is 6.54 Å². The minimum Gasteiger partial charge on any atom is -0.322 e. The summed E-state index contributed by atoms with van der Waals surface area (Å²) in [7, 11) is 0. The van der Waals surface area contributed by atoms with E-state index >= 15 is 0 Å².